The van der Waals surface area contributed by atoms with Crippen molar-refractivity contribution in [3.05, 3.63) is 16.4 Å². The lowest BCUT2D eigenvalue weighted by Gasteiger charge is -2.29. The van der Waals surface area contributed by atoms with Crippen LogP contribution in [0, 0.1) is 16.0 Å². The third-order valence-corrected chi connectivity index (χ3v) is 2.79. The van der Waals surface area contributed by atoms with Gasteiger partial charge in [0.15, 0.2) is 0 Å². The van der Waals surface area contributed by atoms with E-state index in [2.05, 4.69) is 29.1 Å². The predicted molar refractivity (Wildman–Crippen MR) is 80.2 cm³/mol. The Hall–Kier alpha value is -1.92. The highest BCUT2D eigenvalue weighted by molar-refractivity contribution is 5.70. The van der Waals surface area contributed by atoms with Gasteiger partial charge in [-0.3, -0.25) is 10.1 Å². The van der Waals surface area contributed by atoms with Crippen LogP contribution in [0.2, 0.25) is 0 Å². The first-order valence-corrected chi connectivity index (χ1v) is 6.88. The lowest BCUT2D eigenvalue weighted by molar-refractivity contribution is -0.383. The van der Waals surface area contributed by atoms with Gasteiger partial charge < -0.3 is 10.2 Å². The van der Waals surface area contributed by atoms with Gasteiger partial charge in [-0.15, -0.1) is 0 Å². The normalized spacial score (nSPS) is 10.9. The Morgan fingerprint density at radius 1 is 1.35 bits per heavy atom. The van der Waals surface area contributed by atoms with Crippen LogP contribution < -0.4 is 10.2 Å². The molecule has 0 fully saturated rings. The van der Waals surface area contributed by atoms with Gasteiger partial charge in [0.1, 0.15) is 6.33 Å². The summed E-state index contributed by atoms with van der Waals surface area (Å²) in [5.74, 6) is 1.04. The minimum Gasteiger partial charge on any atom is -0.364 e. The third kappa shape index (κ3) is 3.79. The maximum Gasteiger partial charge on any atom is 0.353 e. The van der Waals surface area contributed by atoms with Gasteiger partial charge in [-0.2, -0.15) is 0 Å². The van der Waals surface area contributed by atoms with Crippen LogP contribution in [0.3, 0.4) is 0 Å². The molecule has 20 heavy (non-hydrogen) atoms. The highest BCUT2D eigenvalue weighted by atomic mass is 16.6. The van der Waals surface area contributed by atoms with Crippen molar-refractivity contribution in [1.82, 2.24) is 9.97 Å². The average molecular weight is 281 g/mol. The van der Waals surface area contributed by atoms with Crippen LogP contribution in [0.4, 0.5) is 17.3 Å². The largest absolute Gasteiger partial charge is 0.364 e. The van der Waals surface area contributed by atoms with E-state index in [1.54, 1.807) is 0 Å². The summed E-state index contributed by atoms with van der Waals surface area (Å²) in [4.78, 5) is 21.1. The average Bonchev–Trinajstić information content (AvgIpc) is 2.35. The van der Waals surface area contributed by atoms with Crippen molar-refractivity contribution < 1.29 is 4.92 Å². The van der Waals surface area contributed by atoms with Gasteiger partial charge in [0.05, 0.1) is 4.92 Å². The fraction of sp³-hybridized carbons (Fsp3) is 0.692. The monoisotopic (exact) mass is 281 g/mol. The van der Waals surface area contributed by atoms with Crippen molar-refractivity contribution in [2.24, 2.45) is 5.92 Å². The highest BCUT2D eigenvalue weighted by Crippen LogP contribution is 2.33. The molecule has 1 aromatic rings. The van der Waals surface area contributed by atoms with Crippen LogP contribution in [0.15, 0.2) is 6.33 Å². The number of nitro groups is 1. The number of nitrogens with one attached hydrogen (secondary N) is 1. The van der Waals surface area contributed by atoms with E-state index in [-0.39, 0.29) is 17.5 Å². The zero-order valence-electron chi connectivity index (χ0n) is 12.8. The van der Waals surface area contributed by atoms with Crippen molar-refractivity contribution in [3.63, 3.8) is 0 Å². The van der Waals surface area contributed by atoms with Crippen LogP contribution >= 0.6 is 0 Å². The molecule has 0 unspecified atom stereocenters. The fourth-order valence-corrected chi connectivity index (χ4v) is 1.98. The zero-order valence-corrected chi connectivity index (χ0v) is 12.8. The minimum absolute atomic E-state index is 0.0521. The van der Waals surface area contributed by atoms with E-state index in [1.165, 1.54) is 6.33 Å². The van der Waals surface area contributed by atoms with Gasteiger partial charge in [0.2, 0.25) is 11.6 Å². The lowest BCUT2D eigenvalue weighted by atomic mass is 10.1. The Labute approximate surface area is 119 Å². The van der Waals surface area contributed by atoms with E-state index in [9.17, 15) is 10.1 Å². The topological polar surface area (TPSA) is 84.2 Å². The summed E-state index contributed by atoms with van der Waals surface area (Å²) in [5.41, 5.74) is -0.0521. The molecule has 0 aliphatic carbocycles. The van der Waals surface area contributed by atoms with Crippen LogP contribution in [0.5, 0.6) is 0 Å². The second-order valence-electron chi connectivity index (χ2n) is 5.32. The van der Waals surface area contributed by atoms with Gasteiger partial charge in [0, 0.05) is 19.1 Å². The Kier molecular flexibility index (Phi) is 5.66. The highest BCUT2D eigenvalue weighted by Gasteiger charge is 2.28. The SMILES string of the molecule is CCNc1ncnc(N(CC(C)C)C(C)C)c1[N+](=O)[O-]. The number of aromatic nitrogens is 2. The Balaban J connectivity index is 3.33. The summed E-state index contributed by atoms with van der Waals surface area (Å²) in [6.45, 7) is 11.3. The Morgan fingerprint density at radius 3 is 2.45 bits per heavy atom. The minimum atomic E-state index is -0.414. The quantitative estimate of drug-likeness (QED) is 0.611. The van der Waals surface area contributed by atoms with Crippen molar-refractivity contribution in [1.29, 1.82) is 0 Å². The summed E-state index contributed by atoms with van der Waals surface area (Å²) in [5, 5.41) is 14.3. The molecular weight excluding hydrogens is 258 g/mol. The molecule has 0 aliphatic rings. The van der Waals surface area contributed by atoms with Crippen molar-refractivity contribution in [2.45, 2.75) is 40.7 Å². The molecule has 1 rings (SSSR count). The molecular formula is C13H23N5O2. The molecule has 7 nitrogen and oxygen atoms in total. The van der Waals surface area contributed by atoms with E-state index < -0.39 is 4.92 Å². The third-order valence-electron chi connectivity index (χ3n) is 2.79. The van der Waals surface area contributed by atoms with E-state index in [4.69, 9.17) is 0 Å². The van der Waals surface area contributed by atoms with Crippen LogP contribution in [-0.2, 0) is 0 Å². The number of nitrogens with zero attached hydrogens (tertiary/aromatic N) is 4. The second-order valence-corrected chi connectivity index (χ2v) is 5.32. The molecule has 0 saturated carbocycles. The number of anilines is 2. The van der Waals surface area contributed by atoms with E-state index in [1.807, 2.05) is 25.7 Å². The van der Waals surface area contributed by atoms with Crippen LogP contribution in [0.1, 0.15) is 34.6 Å². The Morgan fingerprint density at radius 2 is 2.00 bits per heavy atom. The van der Waals surface area contributed by atoms with E-state index in [0.29, 0.717) is 24.8 Å². The summed E-state index contributed by atoms with van der Waals surface area (Å²) in [7, 11) is 0. The first-order valence-electron chi connectivity index (χ1n) is 6.88. The summed E-state index contributed by atoms with van der Waals surface area (Å²) >= 11 is 0. The smallest absolute Gasteiger partial charge is 0.353 e. The van der Waals surface area contributed by atoms with E-state index >= 15 is 0 Å². The van der Waals surface area contributed by atoms with Gasteiger partial charge >= 0.3 is 5.69 Å². The first kappa shape index (κ1) is 16.1. The molecule has 0 aromatic carbocycles. The number of rotatable bonds is 7. The van der Waals surface area contributed by atoms with Crippen molar-refractivity contribution in [3.8, 4) is 0 Å². The Bertz CT molecular complexity index is 462. The second kappa shape index (κ2) is 7.02. The molecule has 0 radical (unpaired) electrons. The molecule has 0 amide bonds. The van der Waals surface area contributed by atoms with Gasteiger partial charge in [0.25, 0.3) is 0 Å². The van der Waals surface area contributed by atoms with Gasteiger partial charge in [-0.1, -0.05) is 13.8 Å². The zero-order chi connectivity index (χ0) is 15.3. The summed E-state index contributed by atoms with van der Waals surface area (Å²) in [6, 6.07) is 0.125. The maximum absolute atomic E-state index is 11.4. The molecule has 1 heterocycles. The molecule has 0 aliphatic heterocycles. The lowest BCUT2D eigenvalue weighted by Crippen LogP contribution is -2.35. The molecule has 1 aromatic heterocycles. The number of hydrogen-bond donors (Lipinski definition) is 1. The standard InChI is InChI=1S/C13H23N5O2/c1-6-14-12-11(18(19)20)13(16-8-15-12)17(10(4)5)7-9(2)3/h8-10H,6-7H2,1-5H3,(H,14,15,16). The van der Waals surface area contributed by atoms with E-state index in [0.717, 1.165) is 0 Å². The van der Waals surface area contributed by atoms with Crippen molar-refractivity contribution >= 4 is 17.3 Å². The molecule has 7 heteroatoms. The molecule has 1 N–H and O–H groups in total. The number of hydrogen-bond acceptors (Lipinski definition) is 6. The summed E-state index contributed by atoms with van der Waals surface area (Å²) in [6.07, 6.45) is 1.37. The van der Waals surface area contributed by atoms with Crippen LogP contribution in [0.25, 0.3) is 0 Å². The maximum atomic E-state index is 11.4. The molecule has 0 spiro atoms. The molecule has 0 bridgehead atoms. The van der Waals surface area contributed by atoms with Gasteiger partial charge in [-0.25, -0.2) is 9.97 Å². The predicted octanol–water partition coefficient (Wildman–Crippen LogP) is 2.69. The van der Waals surface area contributed by atoms with Crippen LogP contribution in [-0.4, -0.2) is 34.0 Å². The summed E-state index contributed by atoms with van der Waals surface area (Å²) < 4.78 is 0. The molecule has 0 atom stereocenters. The molecule has 0 saturated heterocycles. The first-order chi connectivity index (χ1) is 9.38. The fourth-order valence-electron chi connectivity index (χ4n) is 1.98. The molecule has 112 valence electrons. The van der Waals surface area contributed by atoms with Gasteiger partial charge in [-0.05, 0) is 26.7 Å². The van der Waals surface area contributed by atoms with Crippen molar-refractivity contribution in [2.75, 3.05) is 23.3 Å².